The van der Waals surface area contributed by atoms with Crippen LogP contribution in [-0.2, 0) is 4.79 Å². The lowest BCUT2D eigenvalue weighted by Crippen LogP contribution is -2.48. The molecule has 5 heteroatoms. The van der Waals surface area contributed by atoms with Crippen LogP contribution < -0.4 is 10.1 Å². The van der Waals surface area contributed by atoms with E-state index in [-0.39, 0.29) is 22.8 Å². The standard InChI is InChI=1S/C16H23NO4/c1-6-16(4,5)17-14(18)11(3)21-13-10(2)8-7-9-12(13)15(19)20/h7-9,11H,6H2,1-5H3,(H,17,18)(H,19,20). The Labute approximate surface area is 125 Å². The van der Waals surface area contributed by atoms with Crippen molar-refractivity contribution in [1.82, 2.24) is 5.32 Å². The lowest BCUT2D eigenvalue weighted by molar-refractivity contribution is -0.129. The number of carbonyl (C=O) groups is 2. The van der Waals surface area contributed by atoms with Crippen molar-refractivity contribution in [2.24, 2.45) is 0 Å². The number of aryl methyl sites for hydroxylation is 1. The van der Waals surface area contributed by atoms with E-state index in [1.54, 1.807) is 26.0 Å². The van der Waals surface area contributed by atoms with Gasteiger partial charge in [-0.25, -0.2) is 4.79 Å². The number of aromatic carboxylic acids is 1. The van der Waals surface area contributed by atoms with Crippen molar-refractivity contribution < 1.29 is 19.4 Å². The normalized spacial score (nSPS) is 12.6. The summed E-state index contributed by atoms with van der Waals surface area (Å²) in [6.07, 6.45) is 0.0194. The van der Waals surface area contributed by atoms with E-state index in [2.05, 4.69) is 5.32 Å². The summed E-state index contributed by atoms with van der Waals surface area (Å²) in [6, 6.07) is 4.87. The Kier molecular flexibility index (Phi) is 5.35. The molecular formula is C16H23NO4. The predicted molar refractivity (Wildman–Crippen MR) is 80.7 cm³/mol. The summed E-state index contributed by atoms with van der Waals surface area (Å²) in [5.74, 6) is -1.10. The van der Waals surface area contributed by atoms with Crippen LogP contribution in [-0.4, -0.2) is 28.6 Å². The number of rotatable bonds is 6. The number of hydrogen-bond acceptors (Lipinski definition) is 3. The molecule has 1 unspecified atom stereocenters. The number of amides is 1. The second-order valence-corrected chi connectivity index (χ2v) is 5.74. The van der Waals surface area contributed by atoms with Crippen LogP contribution in [0.3, 0.4) is 0 Å². The number of carbonyl (C=O) groups excluding carboxylic acids is 1. The Morgan fingerprint density at radius 1 is 1.38 bits per heavy atom. The molecule has 0 heterocycles. The van der Waals surface area contributed by atoms with Crippen molar-refractivity contribution in [2.45, 2.75) is 52.7 Å². The molecule has 1 atom stereocenters. The maximum Gasteiger partial charge on any atom is 0.339 e. The first kappa shape index (κ1) is 17.0. The van der Waals surface area contributed by atoms with E-state index in [0.29, 0.717) is 5.56 Å². The third-order valence-corrected chi connectivity index (χ3v) is 3.45. The summed E-state index contributed by atoms with van der Waals surface area (Å²) in [5, 5.41) is 12.1. The van der Waals surface area contributed by atoms with Crippen LogP contribution in [0.1, 0.15) is 50.0 Å². The first-order chi connectivity index (χ1) is 9.68. The molecule has 0 fully saturated rings. The van der Waals surface area contributed by atoms with Crippen LogP contribution in [0.15, 0.2) is 18.2 Å². The highest BCUT2D eigenvalue weighted by atomic mass is 16.5. The van der Waals surface area contributed by atoms with Gasteiger partial charge in [-0.3, -0.25) is 4.79 Å². The first-order valence-corrected chi connectivity index (χ1v) is 6.99. The highest BCUT2D eigenvalue weighted by Gasteiger charge is 2.24. The van der Waals surface area contributed by atoms with Crippen molar-refractivity contribution in [3.8, 4) is 5.75 Å². The lowest BCUT2D eigenvalue weighted by atomic mass is 10.0. The Bertz CT molecular complexity index is 537. The molecule has 116 valence electrons. The highest BCUT2D eigenvalue weighted by molar-refractivity contribution is 5.91. The summed E-state index contributed by atoms with van der Waals surface area (Å²) in [7, 11) is 0. The van der Waals surface area contributed by atoms with Gasteiger partial charge in [0.25, 0.3) is 5.91 Å². The van der Waals surface area contributed by atoms with Gasteiger partial charge < -0.3 is 15.2 Å². The maximum absolute atomic E-state index is 12.1. The molecule has 0 saturated heterocycles. The number of carboxylic acid groups (broad SMARTS) is 1. The predicted octanol–water partition coefficient (Wildman–Crippen LogP) is 2.77. The molecule has 1 aromatic rings. The van der Waals surface area contributed by atoms with Crippen molar-refractivity contribution in [3.63, 3.8) is 0 Å². The number of hydrogen-bond donors (Lipinski definition) is 2. The van der Waals surface area contributed by atoms with E-state index >= 15 is 0 Å². The lowest BCUT2D eigenvalue weighted by Gasteiger charge is -2.27. The van der Waals surface area contributed by atoms with Crippen molar-refractivity contribution in [2.75, 3.05) is 0 Å². The topological polar surface area (TPSA) is 75.6 Å². The molecule has 5 nitrogen and oxygen atoms in total. The molecule has 2 N–H and O–H groups in total. The molecule has 1 rings (SSSR count). The van der Waals surface area contributed by atoms with E-state index in [0.717, 1.165) is 6.42 Å². The third-order valence-electron chi connectivity index (χ3n) is 3.45. The molecule has 21 heavy (non-hydrogen) atoms. The van der Waals surface area contributed by atoms with Crippen molar-refractivity contribution in [1.29, 1.82) is 0 Å². The smallest absolute Gasteiger partial charge is 0.339 e. The Balaban J connectivity index is 2.91. The fourth-order valence-corrected chi connectivity index (χ4v) is 1.73. The number of benzene rings is 1. The average molecular weight is 293 g/mol. The van der Waals surface area contributed by atoms with Crippen LogP contribution in [0.4, 0.5) is 0 Å². The van der Waals surface area contributed by atoms with Gasteiger partial charge in [0.15, 0.2) is 6.10 Å². The van der Waals surface area contributed by atoms with Crippen molar-refractivity contribution in [3.05, 3.63) is 29.3 Å². The fourth-order valence-electron chi connectivity index (χ4n) is 1.73. The van der Waals surface area contributed by atoms with Gasteiger partial charge in [0, 0.05) is 5.54 Å². The van der Waals surface area contributed by atoms with Gasteiger partial charge in [-0.2, -0.15) is 0 Å². The minimum Gasteiger partial charge on any atom is -0.480 e. The minimum absolute atomic E-state index is 0.0596. The minimum atomic E-state index is -1.07. The highest BCUT2D eigenvalue weighted by Crippen LogP contribution is 2.24. The number of carboxylic acids is 1. The van der Waals surface area contributed by atoms with E-state index in [1.165, 1.54) is 6.07 Å². The van der Waals surface area contributed by atoms with Gasteiger partial charge >= 0.3 is 5.97 Å². The van der Waals surface area contributed by atoms with Crippen LogP contribution in [0.5, 0.6) is 5.75 Å². The van der Waals surface area contributed by atoms with Crippen LogP contribution >= 0.6 is 0 Å². The summed E-state index contributed by atoms with van der Waals surface area (Å²) < 4.78 is 5.60. The Morgan fingerprint density at radius 2 is 2.00 bits per heavy atom. The van der Waals surface area contributed by atoms with E-state index in [4.69, 9.17) is 4.74 Å². The van der Waals surface area contributed by atoms with Crippen LogP contribution in [0.25, 0.3) is 0 Å². The molecule has 0 aromatic heterocycles. The number of nitrogens with one attached hydrogen (secondary N) is 1. The van der Waals surface area contributed by atoms with Gasteiger partial charge in [-0.1, -0.05) is 19.1 Å². The Hall–Kier alpha value is -2.04. The molecule has 0 spiro atoms. The second kappa shape index (κ2) is 6.61. The molecule has 0 saturated carbocycles. The van der Waals surface area contributed by atoms with Crippen LogP contribution in [0, 0.1) is 6.92 Å². The number of para-hydroxylation sites is 1. The summed E-state index contributed by atoms with van der Waals surface area (Å²) >= 11 is 0. The second-order valence-electron chi connectivity index (χ2n) is 5.74. The summed E-state index contributed by atoms with van der Waals surface area (Å²) in [6.45, 7) is 9.19. The fraction of sp³-hybridized carbons (Fsp3) is 0.500. The third kappa shape index (κ3) is 4.48. The van der Waals surface area contributed by atoms with Gasteiger partial charge in [-0.05, 0) is 45.7 Å². The van der Waals surface area contributed by atoms with Gasteiger partial charge in [0.2, 0.25) is 0 Å². The summed E-state index contributed by atoms with van der Waals surface area (Å²) in [4.78, 5) is 23.4. The zero-order valence-electron chi connectivity index (χ0n) is 13.2. The number of ether oxygens (including phenoxy) is 1. The van der Waals surface area contributed by atoms with E-state index < -0.39 is 12.1 Å². The molecule has 0 aliphatic carbocycles. The zero-order valence-corrected chi connectivity index (χ0v) is 13.2. The largest absolute Gasteiger partial charge is 0.480 e. The van der Waals surface area contributed by atoms with Crippen LogP contribution in [0.2, 0.25) is 0 Å². The maximum atomic E-state index is 12.1. The molecule has 1 amide bonds. The van der Waals surface area contributed by atoms with E-state index in [9.17, 15) is 14.7 Å². The molecule has 0 radical (unpaired) electrons. The zero-order chi connectivity index (χ0) is 16.2. The Morgan fingerprint density at radius 3 is 2.52 bits per heavy atom. The average Bonchev–Trinajstić information content (AvgIpc) is 2.40. The summed E-state index contributed by atoms with van der Waals surface area (Å²) in [5.41, 5.74) is 0.421. The monoisotopic (exact) mass is 293 g/mol. The first-order valence-electron chi connectivity index (χ1n) is 6.99. The SMILES string of the molecule is CCC(C)(C)NC(=O)C(C)Oc1c(C)cccc1C(=O)O. The van der Waals surface area contributed by atoms with Gasteiger partial charge in [0.05, 0.1) is 0 Å². The van der Waals surface area contributed by atoms with Gasteiger partial charge in [-0.15, -0.1) is 0 Å². The molecular weight excluding hydrogens is 270 g/mol. The van der Waals surface area contributed by atoms with Crippen molar-refractivity contribution >= 4 is 11.9 Å². The molecule has 0 bridgehead atoms. The molecule has 0 aliphatic rings. The molecule has 1 aromatic carbocycles. The molecule has 0 aliphatic heterocycles. The van der Waals surface area contributed by atoms with E-state index in [1.807, 2.05) is 20.8 Å². The quantitative estimate of drug-likeness (QED) is 0.845. The van der Waals surface area contributed by atoms with Gasteiger partial charge in [0.1, 0.15) is 11.3 Å².